The summed E-state index contributed by atoms with van der Waals surface area (Å²) < 4.78 is 0. The molecule has 13 heavy (non-hydrogen) atoms. The van der Waals surface area contributed by atoms with E-state index < -0.39 is 0 Å². The van der Waals surface area contributed by atoms with Crippen molar-refractivity contribution in [3.63, 3.8) is 0 Å². The van der Waals surface area contributed by atoms with Crippen molar-refractivity contribution < 1.29 is 4.79 Å². The summed E-state index contributed by atoms with van der Waals surface area (Å²) >= 11 is 0. The normalized spacial score (nSPS) is 37.8. The molecule has 1 aliphatic carbocycles. The lowest BCUT2D eigenvalue weighted by Gasteiger charge is -2.16. The fourth-order valence-electron chi connectivity index (χ4n) is 2.93. The number of fused-ring (bicyclic) bond motifs is 1. The Kier molecular flexibility index (Phi) is 2.14. The quantitative estimate of drug-likeness (QED) is 0.690. The number of carbonyl (C=O) groups excluding carboxylic acids is 1. The summed E-state index contributed by atoms with van der Waals surface area (Å²) in [5.41, 5.74) is 0.978. The average Bonchev–Trinajstić information content (AvgIpc) is 2.58. The third kappa shape index (κ3) is 1.28. The Bertz CT molecular complexity index is 246. The number of nitrogens with one attached hydrogen (secondary N) is 1. The highest BCUT2D eigenvalue weighted by Crippen LogP contribution is 2.45. The number of carbonyl (C=O) groups is 1. The van der Waals surface area contributed by atoms with Crippen molar-refractivity contribution in [2.24, 2.45) is 17.8 Å². The van der Waals surface area contributed by atoms with Crippen LogP contribution in [-0.4, -0.2) is 5.91 Å². The van der Waals surface area contributed by atoms with Crippen LogP contribution in [0.3, 0.4) is 0 Å². The van der Waals surface area contributed by atoms with Crippen LogP contribution in [0.2, 0.25) is 0 Å². The van der Waals surface area contributed by atoms with E-state index in [-0.39, 0.29) is 11.8 Å². The average molecular weight is 179 g/mol. The van der Waals surface area contributed by atoms with Crippen molar-refractivity contribution in [2.45, 2.75) is 32.6 Å². The molecule has 1 saturated carbocycles. The molecule has 72 valence electrons. The highest BCUT2D eigenvalue weighted by atomic mass is 16.2. The molecule has 0 bridgehead atoms. The van der Waals surface area contributed by atoms with Crippen LogP contribution in [0.1, 0.15) is 32.6 Å². The minimum absolute atomic E-state index is 0.216. The molecule has 3 unspecified atom stereocenters. The van der Waals surface area contributed by atoms with Crippen LogP contribution in [-0.2, 0) is 4.79 Å². The predicted molar refractivity (Wildman–Crippen MR) is 51.9 cm³/mol. The van der Waals surface area contributed by atoms with Crippen LogP contribution in [0.4, 0.5) is 0 Å². The first kappa shape index (κ1) is 8.79. The Morgan fingerprint density at radius 1 is 1.54 bits per heavy atom. The second kappa shape index (κ2) is 3.17. The Labute approximate surface area is 79.4 Å². The van der Waals surface area contributed by atoms with Gasteiger partial charge in [-0.05, 0) is 18.8 Å². The maximum atomic E-state index is 11.4. The Hall–Kier alpha value is -0.790. The van der Waals surface area contributed by atoms with E-state index in [9.17, 15) is 4.79 Å². The van der Waals surface area contributed by atoms with Gasteiger partial charge in [-0.15, -0.1) is 0 Å². The van der Waals surface area contributed by atoms with E-state index >= 15 is 0 Å². The zero-order valence-electron chi connectivity index (χ0n) is 8.18. The zero-order valence-corrected chi connectivity index (χ0v) is 8.18. The van der Waals surface area contributed by atoms with Crippen LogP contribution in [0, 0.1) is 17.8 Å². The number of rotatable bonds is 2. The molecule has 1 heterocycles. The van der Waals surface area contributed by atoms with Crippen LogP contribution in [0.25, 0.3) is 0 Å². The van der Waals surface area contributed by atoms with E-state index in [2.05, 4.69) is 18.8 Å². The van der Waals surface area contributed by atoms with E-state index in [4.69, 9.17) is 0 Å². The van der Waals surface area contributed by atoms with Gasteiger partial charge in [-0.1, -0.05) is 26.3 Å². The Balaban J connectivity index is 2.13. The Morgan fingerprint density at radius 3 is 3.00 bits per heavy atom. The first-order valence-corrected chi connectivity index (χ1v) is 5.23. The summed E-state index contributed by atoms with van der Waals surface area (Å²) in [4.78, 5) is 11.4. The molecule has 2 fully saturated rings. The molecule has 2 heteroatoms. The van der Waals surface area contributed by atoms with Crippen LogP contribution in [0.5, 0.6) is 0 Å². The van der Waals surface area contributed by atoms with Gasteiger partial charge >= 0.3 is 0 Å². The third-order valence-electron chi connectivity index (χ3n) is 3.47. The van der Waals surface area contributed by atoms with Crippen LogP contribution >= 0.6 is 0 Å². The second-order valence-corrected chi connectivity index (χ2v) is 4.27. The van der Waals surface area contributed by atoms with Gasteiger partial charge in [0.25, 0.3) is 0 Å². The standard InChI is InChI=1S/C11H17NO/c1-3-4-8-5-6-9-10(8)7(2)12-11(9)13/h8-10H,2-6H2,1H3,(H,12,13). The molecular formula is C11H17NO. The van der Waals surface area contributed by atoms with E-state index in [1.807, 2.05) is 0 Å². The largest absolute Gasteiger partial charge is 0.330 e. The summed E-state index contributed by atoms with van der Waals surface area (Å²) in [5.74, 6) is 1.63. The van der Waals surface area contributed by atoms with E-state index in [1.165, 1.54) is 19.3 Å². The molecule has 1 saturated heterocycles. The van der Waals surface area contributed by atoms with E-state index in [0.717, 1.165) is 12.1 Å². The van der Waals surface area contributed by atoms with Gasteiger partial charge in [0.1, 0.15) is 0 Å². The maximum absolute atomic E-state index is 11.4. The number of hydrogen-bond donors (Lipinski definition) is 1. The fourth-order valence-corrected chi connectivity index (χ4v) is 2.93. The topological polar surface area (TPSA) is 29.1 Å². The number of hydrogen-bond acceptors (Lipinski definition) is 1. The fraction of sp³-hybridized carbons (Fsp3) is 0.727. The number of amides is 1. The molecule has 0 spiro atoms. The van der Waals surface area contributed by atoms with Crippen molar-refractivity contribution >= 4 is 5.91 Å². The molecule has 0 aromatic heterocycles. The van der Waals surface area contributed by atoms with Crippen LogP contribution in [0.15, 0.2) is 12.3 Å². The van der Waals surface area contributed by atoms with Crippen molar-refractivity contribution in [1.29, 1.82) is 0 Å². The second-order valence-electron chi connectivity index (χ2n) is 4.27. The minimum Gasteiger partial charge on any atom is -0.330 e. The lowest BCUT2D eigenvalue weighted by Crippen LogP contribution is -2.17. The molecule has 3 atom stereocenters. The molecular weight excluding hydrogens is 162 g/mol. The van der Waals surface area contributed by atoms with Gasteiger partial charge in [-0.3, -0.25) is 4.79 Å². The van der Waals surface area contributed by atoms with Crippen molar-refractivity contribution in [2.75, 3.05) is 0 Å². The van der Waals surface area contributed by atoms with Gasteiger partial charge in [-0.2, -0.15) is 0 Å². The smallest absolute Gasteiger partial charge is 0.227 e. The van der Waals surface area contributed by atoms with Gasteiger partial charge in [0, 0.05) is 17.5 Å². The first-order valence-electron chi connectivity index (χ1n) is 5.23. The van der Waals surface area contributed by atoms with Crippen LogP contribution < -0.4 is 5.32 Å². The van der Waals surface area contributed by atoms with Gasteiger partial charge in [0.05, 0.1) is 0 Å². The lowest BCUT2D eigenvalue weighted by atomic mass is 9.87. The molecule has 2 nitrogen and oxygen atoms in total. The molecule has 1 N–H and O–H groups in total. The molecule has 0 aromatic rings. The van der Waals surface area contributed by atoms with Crippen molar-refractivity contribution in [3.8, 4) is 0 Å². The van der Waals surface area contributed by atoms with E-state index in [1.54, 1.807) is 0 Å². The monoisotopic (exact) mass is 179 g/mol. The van der Waals surface area contributed by atoms with Crippen molar-refractivity contribution in [1.82, 2.24) is 5.32 Å². The summed E-state index contributed by atoms with van der Waals surface area (Å²) in [6, 6.07) is 0. The molecule has 2 aliphatic rings. The molecule has 1 aliphatic heterocycles. The van der Waals surface area contributed by atoms with Gasteiger partial charge in [0.15, 0.2) is 0 Å². The summed E-state index contributed by atoms with van der Waals surface area (Å²) in [7, 11) is 0. The maximum Gasteiger partial charge on any atom is 0.227 e. The summed E-state index contributed by atoms with van der Waals surface area (Å²) in [5, 5.41) is 2.87. The predicted octanol–water partition coefficient (Wildman–Crippen LogP) is 2.07. The highest BCUT2D eigenvalue weighted by Gasteiger charge is 2.45. The van der Waals surface area contributed by atoms with Gasteiger partial charge in [0.2, 0.25) is 5.91 Å². The SMILES string of the molecule is C=C1NC(=O)C2CCC(CCC)C12. The highest BCUT2D eigenvalue weighted by molar-refractivity contribution is 5.84. The summed E-state index contributed by atoms with van der Waals surface area (Å²) in [6.07, 6.45) is 4.75. The molecule has 2 rings (SSSR count). The minimum atomic E-state index is 0.216. The number of allylic oxidation sites excluding steroid dienone is 1. The van der Waals surface area contributed by atoms with Crippen molar-refractivity contribution in [3.05, 3.63) is 12.3 Å². The lowest BCUT2D eigenvalue weighted by molar-refractivity contribution is -0.122. The first-order chi connectivity index (χ1) is 6.24. The van der Waals surface area contributed by atoms with Gasteiger partial charge in [-0.25, -0.2) is 0 Å². The Morgan fingerprint density at radius 2 is 2.31 bits per heavy atom. The molecule has 0 radical (unpaired) electrons. The zero-order chi connectivity index (χ0) is 9.42. The molecule has 1 amide bonds. The third-order valence-corrected chi connectivity index (χ3v) is 3.47. The van der Waals surface area contributed by atoms with Gasteiger partial charge < -0.3 is 5.32 Å². The summed E-state index contributed by atoms with van der Waals surface area (Å²) in [6.45, 7) is 6.16. The molecule has 0 aromatic carbocycles. The van der Waals surface area contributed by atoms with E-state index in [0.29, 0.717) is 11.8 Å².